The summed E-state index contributed by atoms with van der Waals surface area (Å²) in [5.74, 6) is -13.9. The Balaban J connectivity index is 7.33. The number of hydrogen-bond acceptors (Lipinski definition) is 10. The van der Waals surface area contributed by atoms with Crippen LogP contribution in [-0.2, 0) is 24.0 Å². The summed E-state index contributed by atoms with van der Waals surface area (Å²) in [5.41, 5.74) is -12.8. The van der Waals surface area contributed by atoms with E-state index >= 15 is 0 Å². The number of Topliss-reactive ketones (excluding diaryl/α,β-unsaturated/α-hetero) is 5. The Morgan fingerprint density at radius 3 is 1.32 bits per heavy atom. The zero-order chi connectivity index (χ0) is 20.6. The highest BCUT2D eigenvalue weighted by atomic mass is 19.2. The van der Waals surface area contributed by atoms with Gasteiger partial charge in [0.05, 0.1) is 0 Å². The maximum atomic E-state index is 14.3. The molecule has 0 fully saturated rings. The van der Waals surface area contributed by atoms with E-state index in [-0.39, 0.29) is 0 Å². The third kappa shape index (κ3) is 2.83. The van der Waals surface area contributed by atoms with Gasteiger partial charge >= 0.3 is 0 Å². The second-order valence-electron chi connectivity index (χ2n) is 5.60. The number of aliphatic hydroxyl groups excluding tert-OH is 1. The van der Waals surface area contributed by atoms with Crippen molar-refractivity contribution >= 4 is 28.9 Å². The van der Waals surface area contributed by atoms with Crippen molar-refractivity contribution in [3.8, 4) is 0 Å². The molecule has 0 aliphatic carbocycles. The summed E-state index contributed by atoms with van der Waals surface area (Å²) in [7, 11) is 0. The number of halogens is 1. The van der Waals surface area contributed by atoms with E-state index < -0.39 is 58.2 Å². The summed E-state index contributed by atoms with van der Waals surface area (Å²) in [6.07, 6.45) is 0. The molecule has 0 bridgehead atoms. The second-order valence-corrected chi connectivity index (χ2v) is 5.60. The predicted octanol–water partition coefficient (Wildman–Crippen LogP) is -3.24. The number of rotatable bonds is 9. The van der Waals surface area contributed by atoms with E-state index in [4.69, 9.17) is 5.11 Å². The molecule has 0 unspecified atom stereocenters. The zero-order valence-electron chi connectivity index (χ0n) is 13.9. The van der Waals surface area contributed by atoms with Crippen LogP contribution in [0.4, 0.5) is 4.39 Å². The fraction of sp³-hybridized carbons (Fsp3) is 0.643. The van der Waals surface area contributed by atoms with Crippen LogP contribution in [-0.4, -0.2) is 83.7 Å². The van der Waals surface area contributed by atoms with Gasteiger partial charge in [-0.1, -0.05) is 0 Å². The van der Waals surface area contributed by atoms with E-state index in [0.29, 0.717) is 27.7 Å². The highest BCUT2D eigenvalue weighted by Gasteiger charge is 2.79. The molecule has 142 valence electrons. The van der Waals surface area contributed by atoms with Gasteiger partial charge in [-0.15, -0.1) is 0 Å². The minimum absolute atomic E-state index is 0.340. The number of carbonyl (C=O) groups excluding carboxylic acids is 5. The monoisotopic (exact) mass is 366 g/mol. The fourth-order valence-electron chi connectivity index (χ4n) is 2.52. The number of carbonyl (C=O) groups is 5. The summed E-state index contributed by atoms with van der Waals surface area (Å²) >= 11 is 0. The second kappa shape index (κ2) is 6.77. The molecule has 0 heterocycles. The van der Waals surface area contributed by atoms with Gasteiger partial charge in [-0.25, -0.2) is 4.39 Å². The van der Waals surface area contributed by atoms with Gasteiger partial charge < -0.3 is 25.5 Å². The van der Waals surface area contributed by atoms with E-state index in [2.05, 4.69) is 0 Å². The van der Waals surface area contributed by atoms with Crippen molar-refractivity contribution in [1.82, 2.24) is 0 Å². The van der Waals surface area contributed by atoms with Crippen molar-refractivity contribution in [3.05, 3.63) is 0 Å². The number of ketones is 5. The lowest BCUT2D eigenvalue weighted by Crippen LogP contribution is -2.84. The molecule has 0 spiro atoms. The van der Waals surface area contributed by atoms with Crippen molar-refractivity contribution in [2.24, 2.45) is 0 Å². The van der Waals surface area contributed by atoms with Crippen LogP contribution in [0.2, 0.25) is 0 Å². The number of hydrogen-bond donors (Lipinski definition) is 5. The van der Waals surface area contributed by atoms with E-state index in [1.54, 1.807) is 0 Å². The predicted molar refractivity (Wildman–Crippen MR) is 75.7 cm³/mol. The Bertz CT molecular complexity index is 642. The molecule has 11 heteroatoms. The molecule has 0 aliphatic heterocycles. The summed E-state index contributed by atoms with van der Waals surface area (Å²) in [5, 5.41) is 49.8. The van der Waals surface area contributed by atoms with Crippen LogP contribution in [0.25, 0.3) is 0 Å². The summed E-state index contributed by atoms with van der Waals surface area (Å²) < 4.78 is 14.3. The Labute approximate surface area is 140 Å². The molecular formula is C14H19FO10. The normalized spacial score (nSPS) is 21.0. The lowest BCUT2D eigenvalue weighted by Gasteiger charge is -2.50. The first kappa shape index (κ1) is 23.1. The first-order chi connectivity index (χ1) is 11.0. The Hall–Kier alpha value is -1.92. The first-order valence-electron chi connectivity index (χ1n) is 6.77. The molecule has 5 N–H and O–H groups in total. The van der Waals surface area contributed by atoms with Gasteiger partial charge in [0.25, 0.3) is 5.85 Å². The van der Waals surface area contributed by atoms with Crippen LogP contribution >= 0.6 is 0 Å². The molecule has 0 amide bonds. The van der Waals surface area contributed by atoms with E-state index in [1.807, 2.05) is 0 Å². The maximum absolute atomic E-state index is 14.3. The Morgan fingerprint density at radius 2 is 1.12 bits per heavy atom. The van der Waals surface area contributed by atoms with Crippen molar-refractivity contribution in [2.75, 3.05) is 6.61 Å². The molecule has 25 heavy (non-hydrogen) atoms. The van der Waals surface area contributed by atoms with Gasteiger partial charge in [-0.2, -0.15) is 0 Å². The number of alkyl halides is 1. The molecule has 0 saturated heterocycles. The van der Waals surface area contributed by atoms with Gasteiger partial charge in [-0.05, 0) is 20.8 Å². The quantitative estimate of drug-likeness (QED) is 0.205. The molecular weight excluding hydrogens is 347 g/mol. The highest BCUT2D eigenvalue weighted by molar-refractivity contribution is 6.45. The topological polar surface area (TPSA) is 186 Å². The van der Waals surface area contributed by atoms with E-state index in [9.17, 15) is 48.8 Å². The first-order valence-corrected chi connectivity index (χ1v) is 6.77. The molecule has 10 nitrogen and oxygen atoms in total. The van der Waals surface area contributed by atoms with E-state index in [0.717, 1.165) is 0 Å². The van der Waals surface area contributed by atoms with Crippen molar-refractivity contribution in [2.45, 2.75) is 50.4 Å². The molecule has 0 rings (SSSR count). The van der Waals surface area contributed by atoms with Crippen LogP contribution in [0.5, 0.6) is 0 Å². The van der Waals surface area contributed by atoms with Crippen LogP contribution in [0.1, 0.15) is 27.7 Å². The van der Waals surface area contributed by atoms with Gasteiger partial charge in [-0.3, -0.25) is 24.0 Å². The minimum atomic E-state index is -4.49. The molecule has 0 aliphatic rings. The van der Waals surface area contributed by atoms with Crippen LogP contribution in [0.15, 0.2) is 0 Å². The summed E-state index contributed by atoms with van der Waals surface area (Å²) in [4.78, 5) is 58.9. The van der Waals surface area contributed by atoms with Crippen LogP contribution < -0.4 is 0 Å². The smallest absolute Gasteiger partial charge is 0.269 e. The average Bonchev–Trinajstić information content (AvgIpc) is 2.50. The largest absolute Gasteiger partial charge is 0.390 e. The summed E-state index contributed by atoms with van der Waals surface area (Å²) in [6.45, 7) is -0.459. The zero-order valence-corrected chi connectivity index (χ0v) is 13.9. The Kier molecular flexibility index (Phi) is 6.25. The lowest BCUT2D eigenvalue weighted by molar-refractivity contribution is -0.304. The molecule has 0 radical (unpaired) electrons. The maximum Gasteiger partial charge on any atom is 0.269 e. The summed E-state index contributed by atoms with van der Waals surface area (Å²) in [6, 6.07) is 0. The SMILES string of the molecule is CC(=O)C(=O)[C@@](O)(C(C)=O)[C@](O)(C(C)=O)[C@@](O)(C(C)=O)[C@@](O)(F)CO. The van der Waals surface area contributed by atoms with Crippen molar-refractivity contribution < 1.29 is 53.9 Å². The molecule has 0 aromatic carbocycles. The molecule has 0 saturated carbocycles. The van der Waals surface area contributed by atoms with Crippen molar-refractivity contribution in [3.63, 3.8) is 0 Å². The molecule has 4 atom stereocenters. The number of aliphatic hydroxyl groups is 5. The van der Waals surface area contributed by atoms with Crippen LogP contribution in [0, 0.1) is 0 Å². The van der Waals surface area contributed by atoms with E-state index in [1.165, 1.54) is 0 Å². The van der Waals surface area contributed by atoms with Crippen molar-refractivity contribution in [1.29, 1.82) is 0 Å². The van der Waals surface area contributed by atoms with Crippen LogP contribution in [0.3, 0.4) is 0 Å². The standard InChI is InChI=1S/C14H19FO10/c1-6(17)10(21)12(23,7(2)18)14(25,9(4)20)13(24,8(3)19)11(15,22)5-16/h16,22-25H,5H2,1-4H3/t11-,12+,13-,14-/m1/s1. The third-order valence-electron chi connectivity index (χ3n) is 3.99. The van der Waals surface area contributed by atoms with Gasteiger partial charge in [0.1, 0.15) is 6.61 Å². The molecule has 0 aromatic heterocycles. The molecule has 0 aromatic rings. The lowest BCUT2D eigenvalue weighted by atomic mass is 9.61. The van der Waals surface area contributed by atoms with Gasteiger partial charge in [0.2, 0.25) is 22.6 Å². The fourth-order valence-corrected chi connectivity index (χ4v) is 2.52. The Morgan fingerprint density at radius 1 is 0.760 bits per heavy atom. The van der Waals surface area contributed by atoms with Gasteiger partial charge in [0, 0.05) is 6.92 Å². The van der Waals surface area contributed by atoms with Gasteiger partial charge in [0.15, 0.2) is 23.1 Å². The average molecular weight is 366 g/mol. The third-order valence-corrected chi connectivity index (χ3v) is 3.99. The minimum Gasteiger partial charge on any atom is -0.390 e. The highest BCUT2D eigenvalue weighted by Crippen LogP contribution is 2.43.